The molecule has 128 valence electrons. The number of imide groups is 1. The predicted molar refractivity (Wildman–Crippen MR) is 94.9 cm³/mol. The minimum atomic E-state index is -1.47. The molecule has 1 aliphatic rings. The van der Waals surface area contributed by atoms with Crippen molar-refractivity contribution in [3.8, 4) is 0 Å². The summed E-state index contributed by atoms with van der Waals surface area (Å²) in [4.78, 5) is 38.8. The Hall–Kier alpha value is -2.12. The molecule has 0 fully saturated rings. The van der Waals surface area contributed by atoms with Gasteiger partial charge in [0, 0.05) is 26.3 Å². The topological polar surface area (TPSA) is 77.5 Å². The van der Waals surface area contributed by atoms with Crippen LogP contribution < -0.4 is 34.7 Å². The second kappa shape index (κ2) is 7.86. The monoisotopic (exact) mass is 385 g/mol. The van der Waals surface area contributed by atoms with Gasteiger partial charge in [-0.3, -0.25) is 14.5 Å². The summed E-state index contributed by atoms with van der Waals surface area (Å²) in [7, 11) is 0. The number of hydrogen-bond donors (Lipinski definition) is 0. The molecule has 0 saturated carbocycles. The number of carboxylic acids is 1. The van der Waals surface area contributed by atoms with Gasteiger partial charge in [-0.25, -0.2) is 0 Å². The molecule has 0 aromatic heterocycles. The molecule has 5 nitrogen and oxygen atoms in total. The Morgan fingerprint density at radius 3 is 2.22 bits per heavy atom. The molecule has 27 heavy (non-hydrogen) atoms. The number of nitrogens with zero attached hydrogens (tertiary/aromatic N) is 1. The Morgan fingerprint density at radius 1 is 0.889 bits per heavy atom. The predicted octanol–water partition coefficient (Wildman–Crippen LogP) is -0.659. The quantitative estimate of drug-likeness (QED) is 0.440. The van der Waals surface area contributed by atoms with Gasteiger partial charge in [0.25, 0.3) is 11.8 Å². The second-order valence-corrected chi connectivity index (χ2v) is 6.94. The van der Waals surface area contributed by atoms with Gasteiger partial charge in [-0.05, 0) is 35.7 Å². The summed E-state index contributed by atoms with van der Waals surface area (Å²) in [5, 5.41) is 12.3. The zero-order valence-corrected chi connectivity index (χ0v) is 17.3. The van der Waals surface area contributed by atoms with E-state index >= 15 is 0 Å². The van der Waals surface area contributed by atoms with Gasteiger partial charge in [-0.1, -0.05) is 42.1 Å². The SMILES string of the molecule is O=C([O-])CN1C(=O)c2cccc3c(Sc4ccccc4)ccc(c23)C1=O.[Na+]. The molecule has 7 heteroatoms. The summed E-state index contributed by atoms with van der Waals surface area (Å²) in [5.74, 6) is -2.70. The molecule has 0 saturated heterocycles. The first-order valence-corrected chi connectivity index (χ1v) is 8.72. The zero-order chi connectivity index (χ0) is 18.3. The van der Waals surface area contributed by atoms with E-state index in [1.54, 1.807) is 30.0 Å². The molecule has 0 aliphatic carbocycles. The molecule has 0 spiro atoms. The minimum Gasteiger partial charge on any atom is -0.548 e. The maximum atomic E-state index is 12.6. The summed E-state index contributed by atoms with van der Waals surface area (Å²) in [6.07, 6.45) is 0. The molecule has 3 aromatic carbocycles. The third-order valence-electron chi connectivity index (χ3n) is 4.21. The van der Waals surface area contributed by atoms with E-state index in [1.807, 2.05) is 42.5 Å². The maximum absolute atomic E-state index is 12.6. The number of carbonyl (C=O) groups excluding carboxylic acids is 3. The molecule has 4 rings (SSSR count). The Balaban J connectivity index is 0.00000210. The maximum Gasteiger partial charge on any atom is 1.00 e. The fourth-order valence-corrected chi connectivity index (χ4v) is 4.06. The van der Waals surface area contributed by atoms with Crippen LogP contribution in [0.3, 0.4) is 0 Å². The van der Waals surface area contributed by atoms with Gasteiger partial charge in [-0.15, -0.1) is 0 Å². The van der Waals surface area contributed by atoms with E-state index in [0.717, 1.165) is 20.1 Å². The van der Waals surface area contributed by atoms with Crippen LogP contribution in [0.1, 0.15) is 20.7 Å². The average Bonchev–Trinajstić information content (AvgIpc) is 2.64. The van der Waals surface area contributed by atoms with Crippen molar-refractivity contribution in [1.82, 2.24) is 4.90 Å². The first kappa shape index (κ1) is 19.6. The number of benzene rings is 3. The molecule has 2 amide bonds. The molecular weight excluding hydrogens is 373 g/mol. The van der Waals surface area contributed by atoms with Gasteiger partial charge >= 0.3 is 29.6 Å². The van der Waals surface area contributed by atoms with Gasteiger partial charge in [0.1, 0.15) is 0 Å². The van der Waals surface area contributed by atoms with E-state index in [0.29, 0.717) is 16.5 Å². The van der Waals surface area contributed by atoms with Crippen molar-refractivity contribution in [2.75, 3.05) is 6.54 Å². The molecule has 0 unspecified atom stereocenters. The van der Waals surface area contributed by atoms with E-state index in [9.17, 15) is 19.5 Å². The van der Waals surface area contributed by atoms with E-state index in [1.165, 1.54) is 0 Å². The summed E-state index contributed by atoms with van der Waals surface area (Å²) in [6.45, 7) is -0.756. The summed E-state index contributed by atoms with van der Waals surface area (Å²) >= 11 is 1.54. The zero-order valence-electron chi connectivity index (χ0n) is 14.5. The number of carboxylic acid groups (broad SMARTS) is 1. The summed E-state index contributed by atoms with van der Waals surface area (Å²) < 4.78 is 0. The third kappa shape index (κ3) is 3.53. The Bertz CT molecular complexity index is 1050. The van der Waals surface area contributed by atoms with E-state index in [2.05, 4.69) is 0 Å². The summed E-state index contributed by atoms with van der Waals surface area (Å²) in [5.41, 5.74) is 0.655. The van der Waals surface area contributed by atoms with E-state index in [-0.39, 0.29) is 29.6 Å². The fourth-order valence-electron chi connectivity index (χ4n) is 3.10. The largest absolute Gasteiger partial charge is 1.00 e. The van der Waals surface area contributed by atoms with Gasteiger partial charge < -0.3 is 9.90 Å². The summed E-state index contributed by atoms with van der Waals surface area (Å²) in [6, 6.07) is 18.5. The van der Waals surface area contributed by atoms with E-state index in [4.69, 9.17) is 0 Å². The van der Waals surface area contributed by atoms with Crippen molar-refractivity contribution >= 4 is 40.3 Å². The first-order chi connectivity index (χ1) is 12.6. The average molecular weight is 385 g/mol. The molecule has 0 bridgehead atoms. The van der Waals surface area contributed by atoms with Crippen LogP contribution in [0.2, 0.25) is 0 Å². The van der Waals surface area contributed by atoms with Crippen LogP contribution >= 0.6 is 11.8 Å². The minimum absolute atomic E-state index is 0. The van der Waals surface area contributed by atoms with Gasteiger partial charge in [0.2, 0.25) is 0 Å². The van der Waals surface area contributed by atoms with E-state index < -0.39 is 24.3 Å². The smallest absolute Gasteiger partial charge is 0.548 e. The molecule has 1 aliphatic heterocycles. The number of rotatable bonds is 4. The van der Waals surface area contributed by atoms with Crippen LogP contribution in [0.5, 0.6) is 0 Å². The molecule has 3 aromatic rings. The number of hydrogen-bond acceptors (Lipinski definition) is 5. The Kier molecular flexibility index (Phi) is 5.72. The number of carbonyl (C=O) groups is 3. The van der Waals surface area contributed by atoms with Gasteiger partial charge in [-0.2, -0.15) is 0 Å². The van der Waals surface area contributed by atoms with Crippen LogP contribution in [-0.2, 0) is 4.79 Å². The van der Waals surface area contributed by atoms with Crippen LogP contribution in [0.15, 0.2) is 70.5 Å². The normalized spacial score (nSPS) is 12.8. The van der Waals surface area contributed by atoms with Crippen molar-refractivity contribution in [3.05, 3.63) is 71.8 Å². The third-order valence-corrected chi connectivity index (χ3v) is 5.29. The molecule has 0 N–H and O–H groups in total. The Labute approximate surface area is 181 Å². The number of aliphatic carboxylic acids is 1. The van der Waals surface area contributed by atoms with Crippen molar-refractivity contribution in [2.45, 2.75) is 9.79 Å². The second-order valence-electron chi connectivity index (χ2n) is 5.82. The Morgan fingerprint density at radius 2 is 1.56 bits per heavy atom. The van der Waals surface area contributed by atoms with Crippen LogP contribution in [0, 0.1) is 0 Å². The van der Waals surface area contributed by atoms with Crippen LogP contribution in [0.25, 0.3) is 10.8 Å². The molecular formula is C20H12NNaO4S. The van der Waals surface area contributed by atoms with Crippen molar-refractivity contribution in [1.29, 1.82) is 0 Å². The molecule has 0 atom stereocenters. The number of amides is 2. The van der Waals surface area contributed by atoms with Gasteiger partial charge in [0.05, 0.1) is 12.5 Å². The first-order valence-electron chi connectivity index (χ1n) is 7.91. The van der Waals surface area contributed by atoms with Crippen molar-refractivity contribution in [2.24, 2.45) is 0 Å². The standard InChI is InChI=1S/C20H13NO4S.Na/c22-17(23)11-21-19(24)14-8-4-7-13-16(26-12-5-2-1-3-6-12)10-9-15(18(13)14)20(21)25;/h1-10H,11H2,(H,22,23);/q;+1/p-1. The van der Waals surface area contributed by atoms with Crippen LogP contribution in [0.4, 0.5) is 0 Å². The van der Waals surface area contributed by atoms with Crippen LogP contribution in [-0.4, -0.2) is 29.2 Å². The fraction of sp³-hybridized carbons (Fsp3) is 0.0500. The van der Waals surface area contributed by atoms with Crippen molar-refractivity contribution in [3.63, 3.8) is 0 Å². The van der Waals surface area contributed by atoms with Crippen molar-refractivity contribution < 1.29 is 49.0 Å². The molecule has 1 heterocycles. The van der Waals surface area contributed by atoms with Gasteiger partial charge in [0.15, 0.2) is 0 Å². The molecule has 0 radical (unpaired) electrons.